The molecule has 0 atom stereocenters. The average molecular weight is 866 g/mol. The number of nitrogens with zero attached hydrogens (tertiary/aromatic N) is 2. The Balaban J connectivity index is 0.000000201. The van der Waals surface area contributed by atoms with Gasteiger partial charge in [-0.25, -0.2) is 0 Å². The molecule has 8 rings (SSSR count). The molecule has 1 radical (unpaired) electrons. The fourth-order valence-corrected chi connectivity index (χ4v) is 8.79. The van der Waals surface area contributed by atoms with E-state index in [0.717, 1.165) is 55.6 Å². The SMILES string of the molecule is [CH3][Ge]([CH3])([CH3])[c]1ccc(-c2[c-]cccc2)nc1.[Ir].[c-]1ccc2c(oc3c(-c4ccccc4)cccc32)c1-c1cc(C2CCCCC2)ccn1. The van der Waals surface area contributed by atoms with Crippen molar-refractivity contribution >= 4 is 39.6 Å². The van der Waals surface area contributed by atoms with Crippen molar-refractivity contribution in [2.24, 2.45) is 0 Å². The van der Waals surface area contributed by atoms with Crippen molar-refractivity contribution < 1.29 is 24.5 Å². The Hall–Kier alpha value is -3.83. The molecule has 0 amide bonds. The molecule has 4 aromatic carbocycles. The number of aromatic nitrogens is 2. The topological polar surface area (TPSA) is 38.9 Å². The van der Waals surface area contributed by atoms with Gasteiger partial charge in [0.1, 0.15) is 5.58 Å². The van der Waals surface area contributed by atoms with Gasteiger partial charge in [-0.2, -0.15) is 0 Å². The van der Waals surface area contributed by atoms with Gasteiger partial charge in [0.15, 0.2) is 0 Å². The molecule has 3 aromatic heterocycles. The molecular formula is C43H40GeIrN2O-2. The first kappa shape index (κ1) is 34.1. The summed E-state index contributed by atoms with van der Waals surface area (Å²) in [6, 6.07) is 44.3. The quantitative estimate of drug-likeness (QED) is 0.128. The van der Waals surface area contributed by atoms with Gasteiger partial charge in [-0.3, -0.25) is 0 Å². The summed E-state index contributed by atoms with van der Waals surface area (Å²) in [5.74, 6) is 7.79. The Bertz CT molecular complexity index is 2100. The van der Waals surface area contributed by atoms with E-state index < -0.39 is 13.3 Å². The molecule has 0 unspecified atom stereocenters. The van der Waals surface area contributed by atoms with Crippen molar-refractivity contribution in [3.05, 3.63) is 139 Å². The van der Waals surface area contributed by atoms with Crippen LogP contribution in [0.3, 0.4) is 0 Å². The van der Waals surface area contributed by atoms with Crippen LogP contribution in [0.5, 0.6) is 0 Å². The zero-order valence-corrected chi connectivity index (χ0v) is 32.3. The smallest absolute Gasteiger partial charge is 0.128 e. The van der Waals surface area contributed by atoms with Gasteiger partial charge in [-0.1, -0.05) is 90.4 Å². The van der Waals surface area contributed by atoms with Crippen LogP contribution in [-0.2, 0) is 20.1 Å². The first-order valence-electron chi connectivity index (χ1n) is 16.8. The third kappa shape index (κ3) is 7.42. The number of hydrogen-bond donors (Lipinski definition) is 0. The predicted octanol–water partition coefficient (Wildman–Crippen LogP) is 11.3. The molecule has 3 heterocycles. The second-order valence-corrected chi connectivity index (χ2v) is 24.2. The van der Waals surface area contributed by atoms with Crippen molar-refractivity contribution in [1.29, 1.82) is 0 Å². The van der Waals surface area contributed by atoms with Crippen LogP contribution >= 0.6 is 0 Å². The van der Waals surface area contributed by atoms with E-state index in [1.165, 1.54) is 42.1 Å². The zero-order chi connectivity index (χ0) is 32.2. The Morgan fingerprint density at radius 3 is 2.21 bits per heavy atom. The van der Waals surface area contributed by atoms with Crippen LogP contribution in [0.1, 0.15) is 43.6 Å². The number of hydrogen-bond acceptors (Lipinski definition) is 3. The van der Waals surface area contributed by atoms with E-state index in [-0.39, 0.29) is 20.1 Å². The molecule has 5 heteroatoms. The third-order valence-corrected chi connectivity index (χ3v) is 13.5. The van der Waals surface area contributed by atoms with Gasteiger partial charge in [0.25, 0.3) is 0 Å². The van der Waals surface area contributed by atoms with E-state index >= 15 is 0 Å². The number of para-hydroxylation sites is 1. The second kappa shape index (κ2) is 15.2. The minimum absolute atomic E-state index is 0. The van der Waals surface area contributed by atoms with Gasteiger partial charge in [0.05, 0.1) is 5.58 Å². The van der Waals surface area contributed by atoms with Gasteiger partial charge in [0.2, 0.25) is 0 Å². The van der Waals surface area contributed by atoms with E-state index in [9.17, 15) is 0 Å². The second-order valence-electron chi connectivity index (χ2n) is 13.5. The molecule has 1 aliphatic rings. The van der Waals surface area contributed by atoms with Crippen LogP contribution in [-0.4, -0.2) is 23.2 Å². The molecule has 0 saturated heterocycles. The molecule has 1 fully saturated rings. The summed E-state index contributed by atoms with van der Waals surface area (Å²) in [7, 11) is 0. The van der Waals surface area contributed by atoms with Gasteiger partial charge < -0.3 is 9.40 Å². The fraction of sp³-hybridized carbons (Fsp3) is 0.209. The predicted molar refractivity (Wildman–Crippen MR) is 199 cm³/mol. The van der Waals surface area contributed by atoms with Crippen molar-refractivity contribution in [3.63, 3.8) is 0 Å². The molecule has 0 bridgehead atoms. The number of rotatable bonds is 5. The van der Waals surface area contributed by atoms with E-state index in [2.05, 4.69) is 107 Å². The Morgan fingerprint density at radius 1 is 0.688 bits per heavy atom. The molecular weight excluding hydrogens is 825 g/mol. The molecule has 0 spiro atoms. The largest absolute Gasteiger partial charge is 0.500 e. The van der Waals surface area contributed by atoms with E-state index in [0.29, 0.717) is 5.92 Å². The van der Waals surface area contributed by atoms with Crippen molar-refractivity contribution in [2.45, 2.75) is 55.3 Å². The number of benzene rings is 4. The summed E-state index contributed by atoms with van der Waals surface area (Å²) in [5, 5.41) is 2.25. The van der Waals surface area contributed by atoms with Crippen LogP contribution < -0.4 is 4.40 Å². The summed E-state index contributed by atoms with van der Waals surface area (Å²) in [5.41, 5.74) is 9.45. The van der Waals surface area contributed by atoms with Crippen molar-refractivity contribution in [1.82, 2.24) is 9.97 Å². The normalized spacial score (nSPS) is 13.5. The minimum Gasteiger partial charge on any atom is -0.500 e. The van der Waals surface area contributed by atoms with Crippen molar-refractivity contribution in [3.8, 4) is 33.6 Å². The molecule has 0 aliphatic heterocycles. The Morgan fingerprint density at radius 2 is 1.48 bits per heavy atom. The Labute approximate surface area is 300 Å². The summed E-state index contributed by atoms with van der Waals surface area (Å²) in [6.45, 7) is 0. The first-order valence-corrected chi connectivity index (χ1v) is 24.1. The van der Waals surface area contributed by atoms with Crippen molar-refractivity contribution in [2.75, 3.05) is 0 Å². The van der Waals surface area contributed by atoms with Gasteiger partial charge in [-0.05, 0) is 36.1 Å². The van der Waals surface area contributed by atoms with E-state index in [4.69, 9.17) is 9.40 Å². The maximum Gasteiger partial charge on any atom is 0.128 e. The van der Waals surface area contributed by atoms with Gasteiger partial charge >= 0.3 is 99.8 Å². The van der Waals surface area contributed by atoms with E-state index in [1.54, 1.807) is 0 Å². The number of pyridine rings is 2. The maximum absolute atomic E-state index is 6.54. The summed E-state index contributed by atoms with van der Waals surface area (Å²) >= 11 is -1.72. The molecule has 243 valence electrons. The summed E-state index contributed by atoms with van der Waals surface area (Å²) < 4.78 is 7.98. The van der Waals surface area contributed by atoms with Crippen LogP contribution in [0.25, 0.3) is 55.6 Å². The standard InChI is InChI=1S/C29H24NO.C14H16GeN.Ir/c1-3-9-20(10-4-1)22-17-18-30-27(19-22)26-16-8-15-25-24-14-7-13-23(28(24)31-29(25)26)21-11-5-2-6-12-21;1-15(2,3)13-9-10-14(16-11-13)12-7-5-4-6-8-12;/h2,5-8,11-15,17-20H,1,3-4,9-10H2;4-7,9-11H,1-3H3;/q2*-1;. The molecule has 48 heavy (non-hydrogen) atoms. The maximum atomic E-state index is 6.54. The molecule has 3 nitrogen and oxygen atoms in total. The number of furan rings is 1. The summed E-state index contributed by atoms with van der Waals surface area (Å²) in [4.78, 5) is 9.25. The average Bonchev–Trinajstić information content (AvgIpc) is 3.52. The fourth-order valence-electron chi connectivity index (χ4n) is 6.62. The van der Waals surface area contributed by atoms with Crippen LogP contribution in [0.4, 0.5) is 0 Å². The number of fused-ring (bicyclic) bond motifs is 3. The van der Waals surface area contributed by atoms with Gasteiger partial charge in [0, 0.05) is 37.3 Å². The molecule has 7 aromatic rings. The van der Waals surface area contributed by atoms with Crippen LogP contribution in [0, 0.1) is 12.1 Å². The minimum atomic E-state index is -1.72. The first-order chi connectivity index (χ1) is 23.0. The third-order valence-electron chi connectivity index (χ3n) is 9.27. The Kier molecular flexibility index (Phi) is 10.8. The van der Waals surface area contributed by atoms with Gasteiger partial charge in [-0.15, -0.1) is 18.2 Å². The van der Waals surface area contributed by atoms with Crippen LogP contribution in [0.15, 0.2) is 126 Å². The van der Waals surface area contributed by atoms with E-state index in [1.807, 2.05) is 48.8 Å². The molecule has 1 aliphatic carbocycles. The summed E-state index contributed by atoms with van der Waals surface area (Å²) in [6.07, 6.45) is 10.6. The van der Waals surface area contributed by atoms with Crippen LogP contribution in [0.2, 0.25) is 17.3 Å². The molecule has 1 saturated carbocycles. The zero-order valence-electron chi connectivity index (χ0n) is 27.8. The molecule has 0 N–H and O–H groups in total. The monoisotopic (exact) mass is 867 g/mol.